The van der Waals surface area contributed by atoms with Crippen LogP contribution >= 0.6 is 0 Å². The highest BCUT2D eigenvalue weighted by atomic mass is 16.5. The van der Waals surface area contributed by atoms with Crippen LogP contribution < -0.4 is 15.4 Å². The van der Waals surface area contributed by atoms with Crippen molar-refractivity contribution in [2.45, 2.75) is 26.5 Å². The minimum absolute atomic E-state index is 0.0659. The molecule has 0 aliphatic heterocycles. The van der Waals surface area contributed by atoms with Crippen LogP contribution in [0, 0.1) is 6.92 Å². The number of likely N-dealkylation sites (N-methyl/N-ethyl adjacent to an activating group) is 1. The summed E-state index contributed by atoms with van der Waals surface area (Å²) < 4.78 is 5.77. The Kier molecular flexibility index (Phi) is 7.94. The van der Waals surface area contributed by atoms with Gasteiger partial charge in [-0.1, -0.05) is 36.4 Å². The molecule has 1 atom stereocenters. The van der Waals surface area contributed by atoms with Crippen LogP contribution in [0.2, 0.25) is 0 Å². The number of nitrogens with one attached hydrogen (secondary N) is 2. The third kappa shape index (κ3) is 6.92. The fourth-order valence-electron chi connectivity index (χ4n) is 2.98. The van der Waals surface area contributed by atoms with Crippen molar-refractivity contribution in [2.24, 2.45) is 0 Å². The highest BCUT2D eigenvalue weighted by Crippen LogP contribution is 2.17. The highest BCUT2D eigenvalue weighted by Gasteiger charge is 2.20. The molecule has 2 amide bonds. The molecule has 0 bridgehead atoms. The summed E-state index contributed by atoms with van der Waals surface area (Å²) in [7, 11) is 1.73. The van der Waals surface area contributed by atoms with Crippen LogP contribution in [0.1, 0.15) is 18.2 Å². The van der Waals surface area contributed by atoms with Crippen LogP contribution in [-0.2, 0) is 16.2 Å². The molecule has 1 heterocycles. The Hall–Kier alpha value is -3.71. The lowest BCUT2D eigenvalue weighted by molar-refractivity contribution is -0.122. The van der Waals surface area contributed by atoms with E-state index in [-0.39, 0.29) is 18.4 Å². The molecule has 0 fully saturated rings. The summed E-state index contributed by atoms with van der Waals surface area (Å²) in [6.45, 7) is 4.16. The molecule has 166 valence electrons. The number of anilines is 2. The van der Waals surface area contributed by atoms with Crippen LogP contribution in [0.4, 0.5) is 11.5 Å². The van der Waals surface area contributed by atoms with Crippen molar-refractivity contribution in [1.82, 2.24) is 9.88 Å². The molecule has 1 aromatic heterocycles. The number of pyridine rings is 1. The van der Waals surface area contributed by atoms with E-state index >= 15 is 0 Å². The van der Waals surface area contributed by atoms with E-state index in [1.54, 1.807) is 37.1 Å². The van der Waals surface area contributed by atoms with E-state index in [1.807, 2.05) is 61.5 Å². The number of ether oxygens (including phenoxy) is 1. The summed E-state index contributed by atoms with van der Waals surface area (Å²) in [4.78, 5) is 30.8. The number of nitrogens with zero attached hydrogens (tertiary/aromatic N) is 2. The molecule has 2 aromatic carbocycles. The summed E-state index contributed by atoms with van der Waals surface area (Å²) in [5, 5.41) is 5.62. The molecule has 7 heteroatoms. The van der Waals surface area contributed by atoms with Gasteiger partial charge in [-0.2, -0.15) is 0 Å². The third-order valence-corrected chi connectivity index (χ3v) is 4.96. The SMILES string of the molecule is Cc1cccc(NC(=O)CN(C)C(C)C(=O)Nc2ccc(OCc3ccccc3)cc2)n1. The zero-order valence-corrected chi connectivity index (χ0v) is 18.5. The largest absolute Gasteiger partial charge is 0.489 e. The van der Waals surface area contributed by atoms with Gasteiger partial charge in [0.1, 0.15) is 18.2 Å². The Balaban J connectivity index is 1.47. The smallest absolute Gasteiger partial charge is 0.241 e. The van der Waals surface area contributed by atoms with Crippen LogP contribution in [0.5, 0.6) is 5.75 Å². The lowest BCUT2D eigenvalue weighted by Crippen LogP contribution is -2.43. The predicted octanol–water partition coefficient (Wildman–Crippen LogP) is 3.87. The quantitative estimate of drug-likeness (QED) is 0.536. The first-order valence-electron chi connectivity index (χ1n) is 10.4. The van der Waals surface area contributed by atoms with Gasteiger partial charge in [-0.15, -0.1) is 0 Å². The summed E-state index contributed by atoms with van der Waals surface area (Å²) in [5.41, 5.74) is 2.57. The predicted molar refractivity (Wildman–Crippen MR) is 126 cm³/mol. The molecule has 7 nitrogen and oxygen atoms in total. The van der Waals surface area contributed by atoms with Crippen molar-refractivity contribution in [3.63, 3.8) is 0 Å². The van der Waals surface area contributed by atoms with Gasteiger partial charge in [0.25, 0.3) is 0 Å². The first-order valence-corrected chi connectivity index (χ1v) is 10.4. The normalized spacial score (nSPS) is 11.6. The third-order valence-electron chi connectivity index (χ3n) is 4.96. The van der Waals surface area contributed by atoms with Gasteiger partial charge in [-0.25, -0.2) is 4.98 Å². The van der Waals surface area contributed by atoms with Crippen LogP contribution in [0.3, 0.4) is 0 Å². The lowest BCUT2D eigenvalue weighted by Gasteiger charge is -2.23. The number of hydrogen-bond donors (Lipinski definition) is 2. The second-order valence-electron chi connectivity index (χ2n) is 7.59. The van der Waals surface area contributed by atoms with Gasteiger partial charge >= 0.3 is 0 Å². The van der Waals surface area contributed by atoms with Crippen molar-refractivity contribution in [3.8, 4) is 5.75 Å². The van der Waals surface area contributed by atoms with Gasteiger partial charge in [0.05, 0.1) is 12.6 Å². The molecule has 32 heavy (non-hydrogen) atoms. The van der Waals surface area contributed by atoms with E-state index in [9.17, 15) is 9.59 Å². The molecule has 0 aliphatic rings. The van der Waals surface area contributed by atoms with E-state index < -0.39 is 6.04 Å². The molecule has 1 unspecified atom stereocenters. The molecule has 3 rings (SSSR count). The van der Waals surface area contributed by atoms with Gasteiger partial charge in [0.2, 0.25) is 11.8 Å². The maximum absolute atomic E-state index is 12.6. The minimum atomic E-state index is -0.500. The summed E-state index contributed by atoms with van der Waals surface area (Å²) in [6.07, 6.45) is 0. The number of amides is 2. The van der Waals surface area contributed by atoms with E-state index in [0.717, 1.165) is 17.0 Å². The molecular weight excluding hydrogens is 404 g/mol. The zero-order chi connectivity index (χ0) is 22.9. The number of rotatable bonds is 9. The number of carbonyl (C=O) groups excluding carboxylic acids is 2. The van der Waals surface area contributed by atoms with Crippen LogP contribution in [0.25, 0.3) is 0 Å². The fourth-order valence-corrected chi connectivity index (χ4v) is 2.98. The molecule has 3 aromatic rings. The summed E-state index contributed by atoms with van der Waals surface area (Å²) >= 11 is 0. The van der Waals surface area contributed by atoms with E-state index in [2.05, 4.69) is 15.6 Å². The Bertz CT molecular complexity index is 1040. The number of aromatic nitrogens is 1. The first-order chi connectivity index (χ1) is 15.4. The van der Waals surface area contributed by atoms with Crippen LogP contribution in [0.15, 0.2) is 72.8 Å². The maximum Gasteiger partial charge on any atom is 0.241 e. The van der Waals surface area contributed by atoms with E-state index in [0.29, 0.717) is 18.1 Å². The van der Waals surface area contributed by atoms with Crippen molar-refractivity contribution in [2.75, 3.05) is 24.2 Å². The average Bonchev–Trinajstić information content (AvgIpc) is 2.78. The van der Waals surface area contributed by atoms with Gasteiger partial charge < -0.3 is 15.4 Å². The summed E-state index contributed by atoms with van der Waals surface area (Å²) in [5.74, 6) is 0.783. The van der Waals surface area contributed by atoms with Gasteiger partial charge in [0, 0.05) is 11.4 Å². The lowest BCUT2D eigenvalue weighted by atomic mass is 10.2. The van der Waals surface area contributed by atoms with Gasteiger partial charge in [-0.3, -0.25) is 14.5 Å². The van der Waals surface area contributed by atoms with Crippen LogP contribution in [-0.4, -0.2) is 41.3 Å². The maximum atomic E-state index is 12.6. The Labute approximate surface area is 188 Å². The first kappa shape index (κ1) is 23.0. The number of hydrogen-bond acceptors (Lipinski definition) is 5. The average molecular weight is 433 g/mol. The monoisotopic (exact) mass is 432 g/mol. The number of benzene rings is 2. The molecule has 0 aliphatic carbocycles. The standard InChI is InChI=1S/C25H28N4O3/c1-18-8-7-11-23(26-18)28-24(30)16-29(3)19(2)25(31)27-21-12-14-22(15-13-21)32-17-20-9-5-4-6-10-20/h4-15,19H,16-17H2,1-3H3,(H,27,31)(H,26,28,30). The zero-order valence-electron chi connectivity index (χ0n) is 18.5. The number of carbonyl (C=O) groups is 2. The Morgan fingerprint density at radius 2 is 1.69 bits per heavy atom. The molecule has 0 spiro atoms. The molecule has 0 saturated carbocycles. The topological polar surface area (TPSA) is 83.6 Å². The second-order valence-corrected chi connectivity index (χ2v) is 7.59. The van der Waals surface area contributed by atoms with Crippen molar-refractivity contribution < 1.29 is 14.3 Å². The Morgan fingerprint density at radius 3 is 2.38 bits per heavy atom. The minimum Gasteiger partial charge on any atom is -0.489 e. The van der Waals surface area contributed by atoms with E-state index in [1.165, 1.54) is 0 Å². The van der Waals surface area contributed by atoms with Gasteiger partial charge in [0.15, 0.2) is 0 Å². The van der Waals surface area contributed by atoms with E-state index in [4.69, 9.17) is 4.74 Å². The number of aryl methyl sites for hydroxylation is 1. The van der Waals surface area contributed by atoms with Crippen molar-refractivity contribution in [3.05, 3.63) is 84.1 Å². The second kappa shape index (κ2) is 11.1. The Morgan fingerprint density at radius 1 is 0.969 bits per heavy atom. The van der Waals surface area contributed by atoms with Crippen molar-refractivity contribution in [1.29, 1.82) is 0 Å². The molecule has 0 radical (unpaired) electrons. The fraction of sp³-hybridized carbons (Fsp3) is 0.240. The van der Waals surface area contributed by atoms with Gasteiger partial charge in [-0.05, 0) is 62.9 Å². The molecular formula is C25H28N4O3. The molecule has 0 saturated heterocycles. The highest BCUT2D eigenvalue weighted by molar-refractivity contribution is 5.96. The van der Waals surface area contributed by atoms with Crippen molar-refractivity contribution >= 4 is 23.3 Å². The molecule has 2 N–H and O–H groups in total. The summed E-state index contributed by atoms with van der Waals surface area (Å²) in [6, 6.07) is 22.0.